The van der Waals surface area contributed by atoms with Gasteiger partial charge in [0.15, 0.2) is 0 Å². The van der Waals surface area contributed by atoms with Gasteiger partial charge in [-0.25, -0.2) is 9.80 Å². The highest BCUT2D eigenvalue weighted by Gasteiger charge is 2.38. The monoisotopic (exact) mass is 883 g/mol. The van der Waals surface area contributed by atoms with Crippen molar-refractivity contribution in [2.45, 2.75) is 26.2 Å². The lowest BCUT2D eigenvalue weighted by molar-refractivity contribution is 0.0910. The third kappa shape index (κ3) is 8.21. The number of nitrogens with two attached hydrogens (primary N) is 1. The molecule has 11 nitrogen and oxygen atoms in total. The zero-order chi connectivity index (χ0) is 46.4. The predicted octanol–water partition coefficient (Wildman–Crippen LogP) is 12.7. The number of carbonyl (C=O) groups excluding carboxylic acids is 4. The Hall–Kier alpha value is -8.96. The van der Waals surface area contributed by atoms with Crippen LogP contribution in [-0.2, 0) is 5.41 Å². The second kappa shape index (κ2) is 16.9. The van der Waals surface area contributed by atoms with Crippen LogP contribution >= 0.6 is 0 Å². The maximum absolute atomic E-state index is 13.8. The van der Waals surface area contributed by atoms with Gasteiger partial charge >= 0.3 is 0 Å². The molecule has 2 heterocycles. The second-order valence-corrected chi connectivity index (χ2v) is 16.8. The summed E-state index contributed by atoms with van der Waals surface area (Å²) in [6.45, 7) is 6.23. The summed E-state index contributed by atoms with van der Waals surface area (Å²) in [7, 11) is 0. The van der Waals surface area contributed by atoms with Crippen molar-refractivity contribution in [1.29, 1.82) is 0 Å². The third-order valence-electron chi connectivity index (χ3n) is 11.8. The fraction of sp³-hybridized carbons (Fsp3) is 0.0714. The number of hydrogen-bond acceptors (Lipinski definition) is 9. The SMILES string of the molecule is Cc1cccc(Oc2cccc(Oc3cccc(N4C(=O)c5ccc(Oc6ccc(C(C)(C)c7ccc(Oc8ccc9c(c8)C(=O)N(c8ccc(N)cc8)C9=O)cc7)cc6)cc5C4=O)c3)c2)c1. The minimum atomic E-state index is -0.467. The smallest absolute Gasteiger partial charge is 0.266 e. The van der Waals surface area contributed by atoms with Gasteiger partial charge in [-0.3, -0.25) is 19.2 Å². The molecule has 0 atom stereocenters. The Morgan fingerprint density at radius 1 is 0.373 bits per heavy atom. The molecule has 4 amide bonds. The zero-order valence-corrected chi connectivity index (χ0v) is 36.6. The number of nitrogen functional groups attached to an aromatic ring is 1. The maximum Gasteiger partial charge on any atom is 0.266 e. The van der Waals surface area contributed by atoms with E-state index in [1.54, 1.807) is 97.1 Å². The summed E-state index contributed by atoms with van der Waals surface area (Å²) >= 11 is 0. The van der Waals surface area contributed by atoms with Gasteiger partial charge in [0, 0.05) is 23.2 Å². The molecule has 0 saturated carbocycles. The van der Waals surface area contributed by atoms with Crippen molar-refractivity contribution in [2.75, 3.05) is 15.5 Å². The number of ether oxygens (including phenoxy) is 4. The van der Waals surface area contributed by atoms with Gasteiger partial charge in [-0.2, -0.15) is 0 Å². The molecular formula is C56H41N3O8. The first-order valence-corrected chi connectivity index (χ1v) is 21.5. The van der Waals surface area contributed by atoms with Crippen molar-refractivity contribution in [2.24, 2.45) is 0 Å². The normalized spacial score (nSPS) is 13.1. The molecule has 0 saturated heterocycles. The van der Waals surface area contributed by atoms with Crippen LogP contribution in [0.15, 0.2) is 182 Å². The fourth-order valence-electron chi connectivity index (χ4n) is 8.22. The van der Waals surface area contributed by atoms with E-state index in [9.17, 15) is 19.2 Å². The number of nitrogens with zero attached hydrogens (tertiary/aromatic N) is 2. The highest BCUT2D eigenvalue weighted by atomic mass is 16.5. The predicted molar refractivity (Wildman–Crippen MR) is 255 cm³/mol. The minimum Gasteiger partial charge on any atom is -0.457 e. The first-order valence-electron chi connectivity index (χ1n) is 21.5. The molecule has 0 bridgehead atoms. The van der Waals surface area contributed by atoms with E-state index in [1.807, 2.05) is 91.9 Å². The van der Waals surface area contributed by atoms with Crippen LogP contribution in [-0.4, -0.2) is 23.6 Å². The summed E-state index contributed by atoms with van der Waals surface area (Å²) in [4.78, 5) is 56.1. The average molecular weight is 884 g/mol. The summed E-state index contributed by atoms with van der Waals surface area (Å²) in [5, 5.41) is 0. The molecule has 8 aromatic rings. The van der Waals surface area contributed by atoms with E-state index in [0.717, 1.165) is 26.5 Å². The zero-order valence-electron chi connectivity index (χ0n) is 36.6. The Balaban J connectivity index is 0.778. The molecular weight excluding hydrogens is 843 g/mol. The van der Waals surface area contributed by atoms with Gasteiger partial charge < -0.3 is 24.7 Å². The van der Waals surface area contributed by atoms with E-state index >= 15 is 0 Å². The molecule has 8 aromatic carbocycles. The van der Waals surface area contributed by atoms with Crippen molar-refractivity contribution >= 4 is 40.7 Å². The van der Waals surface area contributed by atoms with Crippen LogP contribution in [0.5, 0.6) is 46.0 Å². The van der Waals surface area contributed by atoms with E-state index in [4.69, 9.17) is 24.7 Å². The van der Waals surface area contributed by atoms with Crippen LogP contribution in [0.2, 0.25) is 0 Å². The quantitative estimate of drug-likeness (QED) is 0.0938. The number of carbonyl (C=O) groups is 4. The molecule has 0 radical (unpaired) electrons. The lowest BCUT2D eigenvalue weighted by atomic mass is 9.78. The van der Waals surface area contributed by atoms with E-state index in [2.05, 4.69) is 13.8 Å². The Morgan fingerprint density at radius 2 is 0.761 bits per heavy atom. The van der Waals surface area contributed by atoms with E-state index < -0.39 is 29.0 Å². The number of rotatable bonds is 12. The molecule has 2 aliphatic rings. The summed E-state index contributed by atoms with van der Waals surface area (Å²) in [5.74, 6) is 2.51. The fourth-order valence-corrected chi connectivity index (χ4v) is 8.22. The molecule has 0 aromatic heterocycles. The molecule has 2 aliphatic heterocycles. The Morgan fingerprint density at radius 3 is 1.27 bits per heavy atom. The lowest BCUT2D eigenvalue weighted by Crippen LogP contribution is -2.29. The van der Waals surface area contributed by atoms with Gasteiger partial charge in [-0.05, 0) is 145 Å². The first kappa shape index (κ1) is 42.0. The minimum absolute atomic E-state index is 0.237. The maximum atomic E-state index is 13.8. The molecule has 328 valence electrons. The Bertz CT molecular complexity index is 3270. The topological polar surface area (TPSA) is 138 Å². The molecule has 10 rings (SSSR count). The Kier molecular flexibility index (Phi) is 10.6. The van der Waals surface area contributed by atoms with Crippen LogP contribution in [0.3, 0.4) is 0 Å². The molecule has 0 aliphatic carbocycles. The first-order chi connectivity index (χ1) is 32.4. The lowest BCUT2D eigenvalue weighted by Gasteiger charge is -2.26. The average Bonchev–Trinajstić information content (AvgIpc) is 3.72. The number of benzene rings is 8. The van der Waals surface area contributed by atoms with Crippen LogP contribution < -0.4 is 34.5 Å². The number of imide groups is 2. The highest BCUT2D eigenvalue weighted by Crippen LogP contribution is 2.39. The van der Waals surface area contributed by atoms with Crippen molar-refractivity contribution < 1.29 is 38.1 Å². The number of fused-ring (bicyclic) bond motifs is 2. The summed E-state index contributed by atoms with van der Waals surface area (Å²) in [6, 6.07) is 53.6. The molecule has 0 fully saturated rings. The molecule has 11 heteroatoms. The summed E-state index contributed by atoms with van der Waals surface area (Å²) in [5.41, 5.74) is 11.0. The van der Waals surface area contributed by atoms with Crippen LogP contribution in [0.25, 0.3) is 0 Å². The van der Waals surface area contributed by atoms with Crippen LogP contribution in [0.1, 0.15) is 72.0 Å². The highest BCUT2D eigenvalue weighted by molar-refractivity contribution is 6.35. The number of anilines is 3. The van der Waals surface area contributed by atoms with Crippen molar-refractivity contribution in [3.05, 3.63) is 221 Å². The number of hydrogen-bond donors (Lipinski definition) is 1. The molecule has 0 spiro atoms. The molecule has 0 unspecified atom stereocenters. The largest absolute Gasteiger partial charge is 0.457 e. The molecule has 2 N–H and O–H groups in total. The number of aryl methyl sites for hydroxylation is 1. The summed E-state index contributed by atoms with van der Waals surface area (Å²) < 4.78 is 24.5. The van der Waals surface area contributed by atoms with Crippen molar-refractivity contribution in [3.8, 4) is 46.0 Å². The van der Waals surface area contributed by atoms with Gasteiger partial charge in [0.1, 0.15) is 46.0 Å². The van der Waals surface area contributed by atoms with Gasteiger partial charge in [0.2, 0.25) is 0 Å². The van der Waals surface area contributed by atoms with Crippen LogP contribution in [0.4, 0.5) is 17.1 Å². The van der Waals surface area contributed by atoms with Crippen molar-refractivity contribution in [1.82, 2.24) is 0 Å². The van der Waals surface area contributed by atoms with Crippen molar-refractivity contribution in [3.63, 3.8) is 0 Å². The van der Waals surface area contributed by atoms with Gasteiger partial charge in [0.05, 0.1) is 33.6 Å². The van der Waals surface area contributed by atoms with E-state index in [0.29, 0.717) is 68.6 Å². The standard InChI is InChI=1S/C56H41N3O8/c1-34-7-4-9-42(29-34)66-44-11-6-12-45(31-44)67-43-10-5-8-39(30-43)59-53(61)49-28-26-47(33-51(49)55(59)63)65-41-23-15-36(16-24-41)56(2,3)35-13-21-40(22-14-35)64-46-25-27-48-50(32-46)54(62)58(52(48)60)38-19-17-37(57)18-20-38/h4-33H,57H2,1-3H3. The second-order valence-electron chi connectivity index (χ2n) is 16.8. The number of amides is 4. The third-order valence-corrected chi connectivity index (χ3v) is 11.8. The van der Waals surface area contributed by atoms with Gasteiger partial charge in [-0.15, -0.1) is 0 Å². The molecule has 67 heavy (non-hydrogen) atoms. The summed E-state index contributed by atoms with van der Waals surface area (Å²) in [6.07, 6.45) is 0. The van der Waals surface area contributed by atoms with Crippen LogP contribution in [0, 0.1) is 6.92 Å². The van der Waals surface area contributed by atoms with E-state index in [1.165, 1.54) is 0 Å². The van der Waals surface area contributed by atoms with E-state index in [-0.39, 0.29) is 16.7 Å². The van der Waals surface area contributed by atoms with Gasteiger partial charge in [-0.1, -0.05) is 62.4 Å². The van der Waals surface area contributed by atoms with Gasteiger partial charge in [0.25, 0.3) is 23.6 Å². The Labute approximate surface area is 386 Å².